The fourth-order valence-electron chi connectivity index (χ4n) is 3.75. The van der Waals surface area contributed by atoms with Crippen LogP contribution in [0.5, 0.6) is 5.75 Å². The molecule has 1 saturated heterocycles. The first-order valence-corrected chi connectivity index (χ1v) is 11.6. The van der Waals surface area contributed by atoms with E-state index in [0.29, 0.717) is 25.8 Å². The number of benzene rings is 1. The second kappa shape index (κ2) is 9.88. The fraction of sp³-hybridized carbons (Fsp3) is 0.650. The molecular formula is C20H30N2O6S. The third-order valence-electron chi connectivity index (χ3n) is 5.70. The summed E-state index contributed by atoms with van der Waals surface area (Å²) in [7, 11) is -2.40. The van der Waals surface area contributed by atoms with Gasteiger partial charge in [0.1, 0.15) is 10.6 Å². The van der Waals surface area contributed by atoms with Crippen molar-refractivity contribution < 1.29 is 27.8 Å². The van der Waals surface area contributed by atoms with Gasteiger partial charge in [0.15, 0.2) is 0 Å². The molecule has 1 amide bonds. The molecule has 1 aromatic rings. The summed E-state index contributed by atoms with van der Waals surface area (Å²) in [5.41, 5.74) is 0. The van der Waals surface area contributed by atoms with Crippen LogP contribution >= 0.6 is 0 Å². The van der Waals surface area contributed by atoms with Crippen molar-refractivity contribution in [1.29, 1.82) is 0 Å². The van der Waals surface area contributed by atoms with Crippen molar-refractivity contribution in [3.63, 3.8) is 0 Å². The van der Waals surface area contributed by atoms with Gasteiger partial charge in [-0.2, -0.15) is 0 Å². The van der Waals surface area contributed by atoms with Gasteiger partial charge >= 0.3 is 0 Å². The first-order valence-electron chi connectivity index (χ1n) is 10.1. The quantitative estimate of drug-likeness (QED) is 0.547. The molecule has 3 rings (SSSR count). The molecule has 0 bridgehead atoms. The van der Waals surface area contributed by atoms with Gasteiger partial charge in [-0.1, -0.05) is 18.6 Å². The average Bonchev–Trinajstić information content (AvgIpc) is 2.67. The van der Waals surface area contributed by atoms with Gasteiger partial charge in [0.05, 0.1) is 32.0 Å². The van der Waals surface area contributed by atoms with E-state index in [4.69, 9.17) is 9.47 Å². The van der Waals surface area contributed by atoms with Crippen LogP contribution < -0.4 is 14.8 Å². The molecule has 0 radical (unpaired) electrons. The van der Waals surface area contributed by atoms with E-state index in [1.807, 2.05) is 0 Å². The summed E-state index contributed by atoms with van der Waals surface area (Å²) in [6.45, 7) is 0.236. The van der Waals surface area contributed by atoms with Crippen molar-refractivity contribution in [3.05, 3.63) is 24.3 Å². The van der Waals surface area contributed by atoms with Crippen LogP contribution in [-0.2, 0) is 19.6 Å². The van der Waals surface area contributed by atoms with Gasteiger partial charge in [0, 0.05) is 12.5 Å². The number of aliphatic hydroxyl groups excluding tert-OH is 1. The number of hydrogen-bond donors (Lipinski definition) is 3. The van der Waals surface area contributed by atoms with Crippen LogP contribution in [-0.4, -0.2) is 57.9 Å². The topological polar surface area (TPSA) is 114 Å². The van der Waals surface area contributed by atoms with E-state index in [-0.39, 0.29) is 35.2 Å². The maximum absolute atomic E-state index is 12.8. The Kier molecular flexibility index (Phi) is 7.50. The Balaban J connectivity index is 1.53. The normalized spacial score (nSPS) is 25.2. The smallest absolute Gasteiger partial charge is 0.244 e. The average molecular weight is 427 g/mol. The summed E-state index contributed by atoms with van der Waals surface area (Å²) >= 11 is 0. The molecule has 0 aromatic heterocycles. The molecule has 0 unspecified atom stereocenters. The molecule has 3 N–H and O–H groups in total. The number of sulfonamides is 1. The van der Waals surface area contributed by atoms with Crippen LogP contribution in [0.4, 0.5) is 0 Å². The van der Waals surface area contributed by atoms with Gasteiger partial charge in [-0.15, -0.1) is 0 Å². The summed E-state index contributed by atoms with van der Waals surface area (Å²) in [6, 6.07) is 5.87. The molecule has 162 valence electrons. The first-order chi connectivity index (χ1) is 13.9. The number of methoxy groups -OCH3 is 1. The van der Waals surface area contributed by atoms with Crippen molar-refractivity contribution in [2.24, 2.45) is 5.92 Å². The Morgan fingerprint density at radius 1 is 1.24 bits per heavy atom. The summed E-state index contributed by atoms with van der Waals surface area (Å²) in [5, 5.41) is 12.7. The highest BCUT2D eigenvalue weighted by atomic mass is 32.2. The van der Waals surface area contributed by atoms with Crippen LogP contribution in [0, 0.1) is 5.92 Å². The number of carbonyl (C=O) groups is 1. The molecule has 29 heavy (non-hydrogen) atoms. The molecule has 9 heteroatoms. The molecule has 1 aliphatic heterocycles. The van der Waals surface area contributed by atoms with Gasteiger partial charge in [0.2, 0.25) is 15.9 Å². The number of hydrogen-bond acceptors (Lipinski definition) is 6. The number of amides is 1. The lowest BCUT2D eigenvalue weighted by atomic mass is 9.85. The van der Waals surface area contributed by atoms with Crippen LogP contribution in [0.15, 0.2) is 29.2 Å². The standard InChI is InChI=1S/C20H30N2O6S/c1-27-17-7-2-3-8-19(17)29(25,26)22-16-10-9-15(28-18(16)13-23)11-12-21-20(24)14-5-4-6-14/h2-3,7-8,14-16,18,22-23H,4-6,9-13H2,1H3,(H,21,24)/t15-,16-,18+/m0/s1. The third kappa shape index (κ3) is 5.48. The third-order valence-corrected chi connectivity index (χ3v) is 7.23. The Labute approximate surface area is 172 Å². The minimum atomic E-state index is -3.82. The number of para-hydroxylation sites is 1. The highest BCUT2D eigenvalue weighted by Crippen LogP contribution is 2.28. The molecule has 1 aliphatic carbocycles. The maximum Gasteiger partial charge on any atom is 0.244 e. The molecule has 1 aromatic carbocycles. The number of carbonyl (C=O) groups excluding carboxylic acids is 1. The van der Waals surface area contributed by atoms with E-state index in [9.17, 15) is 18.3 Å². The lowest BCUT2D eigenvalue weighted by molar-refractivity contribution is -0.127. The van der Waals surface area contributed by atoms with Crippen molar-refractivity contribution in [1.82, 2.24) is 10.0 Å². The summed E-state index contributed by atoms with van der Waals surface area (Å²) in [6.07, 6.45) is 4.12. The van der Waals surface area contributed by atoms with E-state index in [0.717, 1.165) is 19.3 Å². The van der Waals surface area contributed by atoms with Crippen LogP contribution in [0.2, 0.25) is 0 Å². The lowest BCUT2D eigenvalue weighted by Crippen LogP contribution is -2.51. The predicted molar refractivity (Wildman–Crippen MR) is 107 cm³/mol. The van der Waals surface area contributed by atoms with Gasteiger partial charge < -0.3 is 19.9 Å². The van der Waals surface area contributed by atoms with Gasteiger partial charge in [-0.3, -0.25) is 4.79 Å². The molecule has 3 atom stereocenters. The van der Waals surface area contributed by atoms with Gasteiger partial charge in [-0.25, -0.2) is 13.1 Å². The Morgan fingerprint density at radius 3 is 2.66 bits per heavy atom. The van der Waals surface area contributed by atoms with Crippen molar-refractivity contribution in [3.8, 4) is 5.75 Å². The van der Waals surface area contributed by atoms with Crippen molar-refractivity contribution in [2.75, 3.05) is 20.3 Å². The molecule has 2 aliphatic rings. The number of ether oxygens (including phenoxy) is 2. The number of rotatable bonds is 9. The van der Waals surface area contributed by atoms with Gasteiger partial charge in [-0.05, 0) is 44.2 Å². The van der Waals surface area contributed by atoms with E-state index in [1.54, 1.807) is 18.2 Å². The van der Waals surface area contributed by atoms with Crippen LogP contribution in [0.25, 0.3) is 0 Å². The second-order valence-corrected chi connectivity index (χ2v) is 9.33. The van der Waals surface area contributed by atoms with E-state index in [2.05, 4.69) is 10.0 Å². The van der Waals surface area contributed by atoms with E-state index < -0.39 is 22.2 Å². The monoisotopic (exact) mass is 426 g/mol. The SMILES string of the molecule is COc1ccccc1S(=O)(=O)N[C@H]1CC[C@@H](CCNC(=O)C2CCC2)O[C@@H]1CO. The molecule has 0 spiro atoms. The minimum Gasteiger partial charge on any atom is -0.495 e. The predicted octanol–water partition coefficient (Wildman–Crippen LogP) is 1.19. The zero-order valence-corrected chi connectivity index (χ0v) is 17.5. The van der Waals surface area contributed by atoms with E-state index in [1.165, 1.54) is 13.2 Å². The van der Waals surface area contributed by atoms with Crippen molar-refractivity contribution >= 4 is 15.9 Å². The maximum atomic E-state index is 12.8. The highest BCUT2D eigenvalue weighted by Gasteiger charge is 2.34. The lowest BCUT2D eigenvalue weighted by Gasteiger charge is -2.36. The number of aliphatic hydroxyl groups is 1. The van der Waals surface area contributed by atoms with E-state index >= 15 is 0 Å². The Morgan fingerprint density at radius 2 is 2.00 bits per heavy atom. The highest BCUT2D eigenvalue weighted by molar-refractivity contribution is 7.89. The zero-order chi connectivity index (χ0) is 20.9. The molecule has 1 heterocycles. The molecule has 2 fully saturated rings. The molecular weight excluding hydrogens is 396 g/mol. The van der Waals surface area contributed by atoms with Crippen LogP contribution in [0.3, 0.4) is 0 Å². The Bertz CT molecular complexity index is 796. The summed E-state index contributed by atoms with van der Waals surface area (Å²) in [4.78, 5) is 12.0. The van der Waals surface area contributed by atoms with Gasteiger partial charge in [0.25, 0.3) is 0 Å². The minimum absolute atomic E-state index is 0.0556. The van der Waals surface area contributed by atoms with Crippen LogP contribution in [0.1, 0.15) is 38.5 Å². The second-order valence-electron chi connectivity index (χ2n) is 7.64. The zero-order valence-electron chi connectivity index (χ0n) is 16.7. The van der Waals surface area contributed by atoms with Crippen molar-refractivity contribution in [2.45, 2.75) is 61.7 Å². The first kappa shape index (κ1) is 22.0. The summed E-state index contributed by atoms with van der Waals surface area (Å²) < 4.78 is 39.3. The number of nitrogens with one attached hydrogen (secondary N) is 2. The molecule has 8 nitrogen and oxygen atoms in total. The summed E-state index contributed by atoms with van der Waals surface area (Å²) in [5.74, 6) is 0.520. The fourth-order valence-corrected chi connectivity index (χ4v) is 5.22. The molecule has 1 saturated carbocycles. The Hall–Kier alpha value is -1.68. The largest absolute Gasteiger partial charge is 0.495 e.